The summed E-state index contributed by atoms with van der Waals surface area (Å²) in [5.41, 5.74) is 0.707. The number of hydrogen-bond acceptors (Lipinski definition) is 2. The van der Waals surface area contributed by atoms with Gasteiger partial charge in [-0.1, -0.05) is 12.2 Å². The Hall–Kier alpha value is -0.890. The molecule has 0 aromatic rings. The van der Waals surface area contributed by atoms with E-state index in [4.69, 9.17) is 4.74 Å². The van der Waals surface area contributed by atoms with E-state index in [1.54, 1.807) is 7.11 Å². The maximum Gasteiger partial charge on any atom is 0.149 e. The molecule has 0 heterocycles. The van der Waals surface area contributed by atoms with Gasteiger partial charge in [-0.3, -0.25) is 4.79 Å². The van der Waals surface area contributed by atoms with Crippen LogP contribution in [0, 0.1) is 0 Å². The summed E-state index contributed by atoms with van der Waals surface area (Å²) in [5, 5.41) is 0. The first kappa shape index (κ1) is 7.22. The fraction of sp³-hybridized carbons (Fsp3) is 0.375. The largest absolute Gasteiger partial charge is 0.377 e. The number of hydrogen-bond donors (Lipinski definition) is 0. The average Bonchev–Trinajstić information content (AvgIpc) is 2.05. The van der Waals surface area contributed by atoms with Crippen molar-refractivity contribution in [3.8, 4) is 0 Å². The van der Waals surface area contributed by atoms with Crippen molar-refractivity contribution in [2.45, 2.75) is 12.5 Å². The minimum absolute atomic E-state index is 0.0881. The summed E-state index contributed by atoms with van der Waals surface area (Å²) in [6.45, 7) is 0. The molecule has 0 N–H and O–H groups in total. The highest BCUT2D eigenvalue weighted by atomic mass is 16.5. The monoisotopic (exact) mass is 138 g/mol. The summed E-state index contributed by atoms with van der Waals surface area (Å²) in [7, 11) is 1.64. The van der Waals surface area contributed by atoms with Gasteiger partial charge in [0.25, 0.3) is 0 Å². The molecule has 0 fully saturated rings. The SMILES string of the molecule is COC1C=C(C=O)C=CC1. The Balaban J connectivity index is 2.64. The van der Waals surface area contributed by atoms with Gasteiger partial charge in [0.15, 0.2) is 0 Å². The molecule has 0 spiro atoms. The Morgan fingerprint density at radius 3 is 3.20 bits per heavy atom. The molecule has 0 aliphatic heterocycles. The van der Waals surface area contributed by atoms with Crippen LogP contribution in [0.25, 0.3) is 0 Å². The molecule has 1 aliphatic carbocycles. The fourth-order valence-electron chi connectivity index (χ4n) is 0.919. The van der Waals surface area contributed by atoms with Crippen molar-refractivity contribution >= 4 is 6.29 Å². The lowest BCUT2D eigenvalue weighted by Crippen LogP contribution is -2.09. The number of allylic oxidation sites excluding steroid dienone is 2. The van der Waals surface area contributed by atoms with Crippen LogP contribution in [0.3, 0.4) is 0 Å². The molecule has 0 aromatic heterocycles. The second-order valence-corrected chi connectivity index (χ2v) is 2.20. The van der Waals surface area contributed by atoms with Gasteiger partial charge in [0.1, 0.15) is 6.29 Å². The molecule has 1 aliphatic rings. The van der Waals surface area contributed by atoms with Gasteiger partial charge in [-0.15, -0.1) is 0 Å². The van der Waals surface area contributed by atoms with E-state index in [1.807, 2.05) is 18.2 Å². The van der Waals surface area contributed by atoms with Gasteiger partial charge in [-0.2, -0.15) is 0 Å². The Morgan fingerprint density at radius 1 is 1.80 bits per heavy atom. The molecule has 1 unspecified atom stereocenters. The lowest BCUT2D eigenvalue weighted by atomic mass is 10.1. The van der Waals surface area contributed by atoms with Gasteiger partial charge in [-0.25, -0.2) is 0 Å². The van der Waals surface area contributed by atoms with Crippen LogP contribution in [0.4, 0.5) is 0 Å². The lowest BCUT2D eigenvalue weighted by molar-refractivity contribution is -0.104. The molecule has 0 bridgehead atoms. The minimum atomic E-state index is 0.0881. The van der Waals surface area contributed by atoms with E-state index in [0.717, 1.165) is 12.7 Å². The topological polar surface area (TPSA) is 26.3 Å². The second-order valence-electron chi connectivity index (χ2n) is 2.20. The smallest absolute Gasteiger partial charge is 0.149 e. The van der Waals surface area contributed by atoms with Crippen LogP contribution in [0.5, 0.6) is 0 Å². The summed E-state index contributed by atoms with van der Waals surface area (Å²) >= 11 is 0. The zero-order valence-corrected chi connectivity index (χ0v) is 5.91. The van der Waals surface area contributed by atoms with Crippen molar-refractivity contribution in [3.63, 3.8) is 0 Å². The highest BCUT2D eigenvalue weighted by molar-refractivity contribution is 5.77. The van der Waals surface area contributed by atoms with Crippen molar-refractivity contribution in [3.05, 3.63) is 23.8 Å². The van der Waals surface area contributed by atoms with E-state index in [1.165, 1.54) is 0 Å². The average molecular weight is 138 g/mol. The standard InChI is InChI=1S/C8H10O2/c1-10-8-4-2-3-7(5-8)6-9/h2-3,5-6,8H,4H2,1H3. The number of aldehydes is 1. The summed E-state index contributed by atoms with van der Waals surface area (Å²) < 4.78 is 5.04. The van der Waals surface area contributed by atoms with Crippen LogP contribution in [-0.4, -0.2) is 19.5 Å². The molecule has 0 saturated carbocycles. The van der Waals surface area contributed by atoms with E-state index in [-0.39, 0.29) is 6.10 Å². The summed E-state index contributed by atoms with van der Waals surface area (Å²) in [6.07, 6.45) is 7.37. The maximum absolute atomic E-state index is 10.2. The van der Waals surface area contributed by atoms with Crippen LogP contribution in [-0.2, 0) is 9.53 Å². The van der Waals surface area contributed by atoms with Gasteiger partial charge < -0.3 is 4.74 Å². The van der Waals surface area contributed by atoms with Crippen LogP contribution < -0.4 is 0 Å². The van der Waals surface area contributed by atoms with E-state index in [9.17, 15) is 4.79 Å². The van der Waals surface area contributed by atoms with Crippen LogP contribution >= 0.6 is 0 Å². The third-order valence-corrected chi connectivity index (χ3v) is 1.50. The first-order valence-electron chi connectivity index (χ1n) is 3.23. The van der Waals surface area contributed by atoms with Crippen molar-refractivity contribution in [2.75, 3.05) is 7.11 Å². The molecular formula is C8H10O2. The van der Waals surface area contributed by atoms with Crippen molar-refractivity contribution in [2.24, 2.45) is 0 Å². The predicted octanol–water partition coefficient (Wildman–Crippen LogP) is 1.09. The molecule has 10 heavy (non-hydrogen) atoms. The Labute approximate surface area is 60.2 Å². The first-order valence-corrected chi connectivity index (χ1v) is 3.23. The van der Waals surface area contributed by atoms with Gasteiger partial charge in [0, 0.05) is 12.7 Å². The molecular weight excluding hydrogens is 128 g/mol. The Kier molecular flexibility index (Phi) is 2.40. The third kappa shape index (κ3) is 1.54. The molecule has 1 rings (SSSR count). The Morgan fingerprint density at radius 2 is 2.60 bits per heavy atom. The zero-order chi connectivity index (χ0) is 7.40. The maximum atomic E-state index is 10.2. The van der Waals surface area contributed by atoms with Gasteiger partial charge in [-0.05, 0) is 12.5 Å². The second kappa shape index (κ2) is 3.32. The first-order chi connectivity index (χ1) is 4.86. The van der Waals surface area contributed by atoms with Gasteiger partial charge in [0.2, 0.25) is 0 Å². The number of carbonyl (C=O) groups excluding carboxylic acids is 1. The van der Waals surface area contributed by atoms with Crippen molar-refractivity contribution in [1.82, 2.24) is 0 Å². The number of rotatable bonds is 2. The fourth-order valence-corrected chi connectivity index (χ4v) is 0.919. The molecule has 0 saturated heterocycles. The minimum Gasteiger partial charge on any atom is -0.377 e. The molecule has 0 aromatic carbocycles. The normalized spacial score (nSPS) is 24.1. The van der Waals surface area contributed by atoms with Crippen LogP contribution in [0.1, 0.15) is 6.42 Å². The number of ether oxygens (including phenoxy) is 1. The van der Waals surface area contributed by atoms with Crippen molar-refractivity contribution < 1.29 is 9.53 Å². The van der Waals surface area contributed by atoms with E-state index in [2.05, 4.69) is 0 Å². The zero-order valence-electron chi connectivity index (χ0n) is 5.91. The van der Waals surface area contributed by atoms with Gasteiger partial charge >= 0.3 is 0 Å². The van der Waals surface area contributed by atoms with E-state index < -0.39 is 0 Å². The molecule has 2 nitrogen and oxygen atoms in total. The van der Waals surface area contributed by atoms with Crippen LogP contribution in [0.15, 0.2) is 23.8 Å². The molecule has 1 atom stereocenters. The summed E-state index contributed by atoms with van der Waals surface area (Å²) in [4.78, 5) is 10.2. The highest BCUT2D eigenvalue weighted by Crippen LogP contribution is 2.10. The number of carbonyl (C=O) groups is 1. The van der Waals surface area contributed by atoms with E-state index in [0.29, 0.717) is 5.57 Å². The summed E-state index contributed by atoms with van der Waals surface area (Å²) in [5.74, 6) is 0. The Bertz CT molecular complexity index is 180. The summed E-state index contributed by atoms with van der Waals surface area (Å²) in [6, 6.07) is 0. The third-order valence-electron chi connectivity index (χ3n) is 1.50. The van der Waals surface area contributed by atoms with Crippen molar-refractivity contribution in [1.29, 1.82) is 0 Å². The predicted molar refractivity (Wildman–Crippen MR) is 38.7 cm³/mol. The molecule has 0 radical (unpaired) electrons. The molecule has 54 valence electrons. The van der Waals surface area contributed by atoms with Crippen LogP contribution in [0.2, 0.25) is 0 Å². The molecule has 0 amide bonds. The number of methoxy groups -OCH3 is 1. The quantitative estimate of drug-likeness (QED) is 0.534. The van der Waals surface area contributed by atoms with E-state index >= 15 is 0 Å². The highest BCUT2D eigenvalue weighted by Gasteiger charge is 2.05. The molecule has 2 heteroatoms. The van der Waals surface area contributed by atoms with Gasteiger partial charge in [0.05, 0.1) is 6.10 Å². The lowest BCUT2D eigenvalue weighted by Gasteiger charge is -2.11.